The van der Waals surface area contributed by atoms with Gasteiger partial charge in [-0.15, -0.1) is 12.4 Å². The summed E-state index contributed by atoms with van der Waals surface area (Å²) >= 11 is 0. The molecule has 0 spiro atoms. The average molecular weight is 270 g/mol. The molecule has 1 aromatic carbocycles. The minimum Gasteiger partial charge on any atom is -0.388 e. The third-order valence-electron chi connectivity index (χ3n) is 3.72. The maximum Gasteiger partial charge on any atom is 0.0812 e. The maximum absolute atomic E-state index is 9.99. The molecule has 1 aliphatic rings. The standard InChI is InChI=1S/C15H23NO.ClH/c1-11(2)15(17)14-5-3-12(4-6-14)13-7-9-16-10-8-13;/h3-6,11,13,15-17H,7-10H2,1-2H3;1H. The van der Waals surface area contributed by atoms with Gasteiger partial charge >= 0.3 is 0 Å². The molecule has 0 aromatic heterocycles. The van der Waals surface area contributed by atoms with Crippen molar-refractivity contribution in [2.24, 2.45) is 5.92 Å². The monoisotopic (exact) mass is 269 g/mol. The van der Waals surface area contributed by atoms with Crippen LogP contribution in [0.5, 0.6) is 0 Å². The van der Waals surface area contributed by atoms with E-state index < -0.39 is 0 Å². The largest absolute Gasteiger partial charge is 0.388 e. The molecule has 102 valence electrons. The molecule has 1 heterocycles. The predicted octanol–water partition coefficient (Wildman–Crippen LogP) is 3.26. The van der Waals surface area contributed by atoms with Gasteiger partial charge in [-0.05, 0) is 48.9 Å². The van der Waals surface area contributed by atoms with Crippen molar-refractivity contribution in [3.8, 4) is 0 Å². The molecule has 2 N–H and O–H groups in total. The van der Waals surface area contributed by atoms with Gasteiger partial charge in [-0.3, -0.25) is 0 Å². The molecule has 1 aromatic rings. The van der Waals surface area contributed by atoms with Crippen LogP contribution in [0.3, 0.4) is 0 Å². The summed E-state index contributed by atoms with van der Waals surface area (Å²) in [5.74, 6) is 0.973. The van der Waals surface area contributed by atoms with Crippen molar-refractivity contribution in [1.82, 2.24) is 5.32 Å². The lowest BCUT2D eigenvalue weighted by atomic mass is 9.88. The Morgan fingerprint density at radius 3 is 2.17 bits per heavy atom. The summed E-state index contributed by atoms with van der Waals surface area (Å²) in [4.78, 5) is 0. The van der Waals surface area contributed by atoms with Crippen molar-refractivity contribution >= 4 is 12.4 Å². The second-order valence-corrected chi connectivity index (χ2v) is 5.38. The van der Waals surface area contributed by atoms with E-state index in [4.69, 9.17) is 0 Å². The Balaban J connectivity index is 0.00000162. The predicted molar refractivity (Wildman–Crippen MR) is 78.3 cm³/mol. The van der Waals surface area contributed by atoms with Gasteiger partial charge in [-0.1, -0.05) is 38.1 Å². The van der Waals surface area contributed by atoms with Crippen LogP contribution in [0.25, 0.3) is 0 Å². The quantitative estimate of drug-likeness (QED) is 0.883. The van der Waals surface area contributed by atoms with Gasteiger partial charge in [0.25, 0.3) is 0 Å². The van der Waals surface area contributed by atoms with Crippen molar-refractivity contribution < 1.29 is 5.11 Å². The van der Waals surface area contributed by atoms with Crippen molar-refractivity contribution in [2.75, 3.05) is 13.1 Å². The van der Waals surface area contributed by atoms with Crippen LogP contribution in [-0.4, -0.2) is 18.2 Å². The molecule has 2 nitrogen and oxygen atoms in total. The number of aliphatic hydroxyl groups is 1. The maximum atomic E-state index is 9.99. The van der Waals surface area contributed by atoms with Gasteiger partial charge in [-0.2, -0.15) is 0 Å². The number of hydrogen-bond donors (Lipinski definition) is 2. The van der Waals surface area contributed by atoms with Crippen LogP contribution in [0, 0.1) is 5.92 Å². The first kappa shape index (κ1) is 15.5. The lowest BCUT2D eigenvalue weighted by Gasteiger charge is -2.23. The number of rotatable bonds is 3. The first-order chi connectivity index (χ1) is 8.18. The Kier molecular flexibility index (Phi) is 6.13. The van der Waals surface area contributed by atoms with E-state index in [0.717, 1.165) is 18.7 Å². The van der Waals surface area contributed by atoms with Gasteiger partial charge in [0.15, 0.2) is 0 Å². The van der Waals surface area contributed by atoms with E-state index in [1.54, 1.807) is 0 Å². The fourth-order valence-electron chi connectivity index (χ4n) is 2.51. The van der Waals surface area contributed by atoms with E-state index in [0.29, 0.717) is 5.92 Å². The molecule has 3 heteroatoms. The summed E-state index contributed by atoms with van der Waals surface area (Å²) in [6.45, 7) is 6.35. The van der Waals surface area contributed by atoms with Gasteiger partial charge in [0.1, 0.15) is 0 Å². The SMILES string of the molecule is CC(C)C(O)c1ccc(C2CCNCC2)cc1.Cl. The van der Waals surface area contributed by atoms with E-state index in [-0.39, 0.29) is 24.4 Å². The average Bonchev–Trinajstić information content (AvgIpc) is 2.39. The van der Waals surface area contributed by atoms with Gasteiger partial charge in [0.05, 0.1) is 6.10 Å². The molecule has 1 saturated heterocycles. The van der Waals surface area contributed by atoms with E-state index in [2.05, 4.69) is 29.6 Å². The summed E-state index contributed by atoms with van der Waals surface area (Å²) < 4.78 is 0. The Morgan fingerprint density at radius 2 is 1.67 bits per heavy atom. The molecule has 1 unspecified atom stereocenters. The van der Waals surface area contributed by atoms with E-state index in [1.807, 2.05) is 13.8 Å². The second-order valence-electron chi connectivity index (χ2n) is 5.38. The van der Waals surface area contributed by atoms with Crippen LogP contribution in [0.15, 0.2) is 24.3 Å². The smallest absolute Gasteiger partial charge is 0.0812 e. The van der Waals surface area contributed by atoms with Crippen LogP contribution in [0.4, 0.5) is 0 Å². The highest BCUT2D eigenvalue weighted by molar-refractivity contribution is 5.85. The zero-order valence-electron chi connectivity index (χ0n) is 11.2. The molecule has 1 aliphatic heterocycles. The highest BCUT2D eigenvalue weighted by Crippen LogP contribution is 2.27. The van der Waals surface area contributed by atoms with Gasteiger partial charge < -0.3 is 10.4 Å². The fourth-order valence-corrected chi connectivity index (χ4v) is 2.51. The molecule has 0 bridgehead atoms. The number of hydrogen-bond acceptors (Lipinski definition) is 2. The molecule has 0 radical (unpaired) electrons. The van der Waals surface area contributed by atoms with Crippen LogP contribution in [0.1, 0.15) is 49.8 Å². The highest BCUT2D eigenvalue weighted by Gasteiger charge is 2.16. The number of piperidine rings is 1. The molecule has 1 atom stereocenters. The van der Waals surface area contributed by atoms with Gasteiger partial charge in [0, 0.05) is 0 Å². The molecule has 2 rings (SSSR count). The zero-order chi connectivity index (χ0) is 12.3. The molecule has 0 amide bonds. The summed E-state index contributed by atoms with van der Waals surface area (Å²) in [5, 5.41) is 13.4. The van der Waals surface area contributed by atoms with Crippen LogP contribution < -0.4 is 5.32 Å². The number of aliphatic hydroxyl groups excluding tert-OH is 1. The van der Waals surface area contributed by atoms with Crippen LogP contribution in [0.2, 0.25) is 0 Å². The summed E-state index contributed by atoms with van der Waals surface area (Å²) in [6, 6.07) is 8.55. The molecule has 0 saturated carbocycles. The number of benzene rings is 1. The molecular weight excluding hydrogens is 246 g/mol. The Morgan fingerprint density at radius 1 is 1.11 bits per heavy atom. The summed E-state index contributed by atoms with van der Waals surface area (Å²) in [6.07, 6.45) is 2.12. The topological polar surface area (TPSA) is 32.3 Å². The van der Waals surface area contributed by atoms with Crippen molar-refractivity contribution in [1.29, 1.82) is 0 Å². The normalized spacial score (nSPS) is 18.4. The minimum atomic E-state index is -0.336. The number of nitrogens with one attached hydrogen (secondary N) is 1. The van der Waals surface area contributed by atoms with Crippen LogP contribution in [-0.2, 0) is 0 Å². The molecular formula is C15H24ClNO. The lowest BCUT2D eigenvalue weighted by Crippen LogP contribution is -2.26. The van der Waals surface area contributed by atoms with Crippen molar-refractivity contribution in [3.05, 3.63) is 35.4 Å². The van der Waals surface area contributed by atoms with E-state index in [1.165, 1.54) is 18.4 Å². The van der Waals surface area contributed by atoms with Gasteiger partial charge in [-0.25, -0.2) is 0 Å². The Labute approximate surface area is 116 Å². The van der Waals surface area contributed by atoms with Crippen LogP contribution >= 0.6 is 12.4 Å². The zero-order valence-corrected chi connectivity index (χ0v) is 12.0. The molecule has 0 aliphatic carbocycles. The first-order valence-corrected chi connectivity index (χ1v) is 6.67. The molecule has 18 heavy (non-hydrogen) atoms. The Bertz CT molecular complexity index is 344. The summed E-state index contributed by atoms with van der Waals surface area (Å²) in [5.41, 5.74) is 2.46. The number of halogens is 1. The van der Waals surface area contributed by atoms with Crippen molar-refractivity contribution in [3.63, 3.8) is 0 Å². The fraction of sp³-hybridized carbons (Fsp3) is 0.600. The molecule has 1 fully saturated rings. The first-order valence-electron chi connectivity index (χ1n) is 6.67. The lowest BCUT2D eigenvalue weighted by molar-refractivity contribution is 0.127. The minimum absolute atomic E-state index is 0. The summed E-state index contributed by atoms with van der Waals surface area (Å²) in [7, 11) is 0. The highest BCUT2D eigenvalue weighted by atomic mass is 35.5. The second kappa shape index (κ2) is 7.13. The van der Waals surface area contributed by atoms with Crippen molar-refractivity contribution in [2.45, 2.75) is 38.7 Å². The van der Waals surface area contributed by atoms with E-state index >= 15 is 0 Å². The third-order valence-corrected chi connectivity index (χ3v) is 3.72. The third kappa shape index (κ3) is 3.71. The Hall–Kier alpha value is -0.570. The van der Waals surface area contributed by atoms with E-state index in [9.17, 15) is 5.11 Å². The van der Waals surface area contributed by atoms with Gasteiger partial charge in [0.2, 0.25) is 0 Å².